The molecule has 0 saturated carbocycles. The second-order valence-electron chi connectivity index (χ2n) is 3.85. The van der Waals surface area contributed by atoms with Crippen LogP contribution in [0.2, 0.25) is 0 Å². The minimum atomic E-state index is -0.859. The van der Waals surface area contributed by atoms with Crippen molar-refractivity contribution in [3.63, 3.8) is 0 Å². The highest BCUT2D eigenvalue weighted by molar-refractivity contribution is 5.76. The lowest BCUT2D eigenvalue weighted by atomic mass is 9.81. The average Bonchev–Trinajstić information content (AvgIpc) is 2.44. The molecule has 0 aromatic rings. The molecule has 1 fully saturated rings. The molecule has 76 valence electrons. The molecule has 13 heavy (non-hydrogen) atoms. The summed E-state index contributed by atoms with van der Waals surface area (Å²) in [5.74, 6) is -0.559. The Labute approximate surface area is 79.1 Å². The van der Waals surface area contributed by atoms with Gasteiger partial charge in [-0.25, -0.2) is 0 Å². The van der Waals surface area contributed by atoms with E-state index in [0.717, 1.165) is 0 Å². The largest absolute Gasteiger partial charge is 0.462 e. The number of carbonyl (C=O) groups is 1. The minimum absolute atomic E-state index is 0.0397. The lowest BCUT2D eigenvalue weighted by molar-refractivity contribution is -0.150. The summed E-state index contributed by atoms with van der Waals surface area (Å²) in [5, 5.41) is 10.1. The Morgan fingerprint density at radius 1 is 1.54 bits per heavy atom. The minimum Gasteiger partial charge on any atom is -0.462 e. The van der Waals surface area contributed by atoms with Crippen molar-refractivity contribution in [1.29, 1.82) is 0 Å². The van der Waals surface area contributed by atoms with Gasteiger partial charge >= 0.3 is 5.97 Å². The molecule has 0 spiro atoms. The van der Waals surface area contributed by atoms with Gasteiger partial charge in [0.1, 0.15) is 0 Å². The number of esters is 1. The van der Waals surface area contributed by atoms with Gasteiger partial charge in [0, 0.05) is 6.42 Å². The summed E-state index contributed by atoms with van der Waals surface area (Å²) < 4.78 is 5.02. The molecule has 0 aromatic carbocycles. The molecule has 1 rings (SSSR count). The molecule has 2 atom stereocenters. The fourth-order valence-electron chi connectivity index (χ4n) is 1.94. The van der Waals surface area contributed by atoms with Gasteiger partial charge in [-0.3, -0.25) is 4.79 Å². The first-order chi connectivity index (χ1) is 6.03. The Balaban J connectivity index is 2.75. The average molecular weight is 186 g/mol. The van der Waals surface area contributed by atoms with Gasteiger partial charge in [-0.05, 0) is 19.8 Å². The molecule has 1 aliphatic rings. The number of rotatable bonds is 3. The molecule has 1 aliphatic heterocycles. The maximum atomic E-state index is 11.4. The van der Waals surface area contributed by atoms with Crippen LogP contribution in [0.25, 0.3) is 0 Å². The van der Waals surface area contributed by atoms with Crippen LogP contribution < -0.4 is 0 Å². The van der Waals surface area contributed by atoms with Crippen molar-refractivity contribution in [2.24, 2.45) is 5.92 Å². The highest BCUT2D eigenvalue weighted by Gasteiger charge is 2.45. The molecule has 0 radical (unpaired) electrons. The van der Waals surface area contributed by atoms with Crippen molar-refractivity contribution in [3.8, 4) is 0 Å². The summed E-state index contributed by atoms with van der Waals surface area (Å²) in [6.07, 6.45) is 1.82. The predicted octanol–water partition coefficient (Wildman–Crippen LogP) is 1.49. The van der Waals surface area contributed by atoms with Crippen molar-refractivity contribution in [2.45, 2.75) is 51.7 Å². The Bertz CT molecular complexity index is 196. The summed E-state index contributed by atoms with van der Waals surface area (Å²) in [6, 6.07) is 0. The second kappa shape index (κ2) is 3.66. The highest BCUT2D eigenvalue weighted by Crippen LogP contribution is 2.34. The van der Waals surface area contributed by atoms with E-state index in [0.29, 0.717) is 19.3 Å². The fourth-order valence-corrected chi connectivity index (χ4v) is 1.94. The van der Waals surface area contributed by atoms with E-state index in [2.05, 4.69) is 0 Å². The zero-order valence-electron chi connectivity index (χ0n) is 8.54. The molecule has 1 heterocycles. The molecule has 1 N–H and O–H groups in total. The summed E-state index contributed by atoms with van der Waals surface area (Å²) in [6.45, 7) is 5.67. The van der Waals surface area contributed by atoms with Gasteiger partial charge < -0.3 is 9.84 Å². The molecule has 0 amide bonds. The maximum absolute atomic E-state index is 11.4. The topological polar surface area (TPSA) is 46.5 Å². The standard InChI is InChI=1S/C10H18O3/c1-4-10(12,5-2)8-6-7(3)13-9(8)11/h7-8,12H,4-6H2,1-3H3. The van der Waals surface area contributed by atoms with Gasteiger partial charge in [0.2, 0.25) is 0 Å². The van der Waals surface area contributed by atoms with Crippen molar-refractivity contribution >= 4 is 5.97 Å². The van der Waals surface area contributed by atoms with Crippen LogP contribution in [0.1, 0.15) is 40.0 Å². The van der Waals surface area contributed by atoms with Gasteiger partial charge in [0.25, 0.3) is 0 Å². The normalized spacial score (nSPS) is 29.1. The molecule has 0 aromatic heterocycles. The summed E-state index contributed by atoms with van der Waals surface area (Å²) in [7, 11) is 0. The van der Waals surface area contributed by atoms with E-state index < -0.39 is 5.60 Å². The maximum Gasteiger partial charge on any atom is 0.312 e. The Kier molecular flexibility index (Phi) is 2.96. The van der Waals surface area contributed by atoms with Crippen LogP contribution in [0.15, 0.2) is 0 Å². The Morgan fingerprint density at radius 2 is 2.08 bits per heavy atom. The number of ether oxygens (including phenoxy) is 1. The molecule has 0 aliphatic carbocycles. The van der Waals surface area contributed by atoms with Crippen molar-refractivity contribution in [3.05, 3.63) is 0 Å². The number of hydrogen-bond donors (Lipinski definition) is 1. The summed E-state index contributed by atoms with van der Waals surface area (Å²) in [4.78, 5) is 11.4. The molecular formula is C10H18O3. The molecule has 3 heteroatoms. The van der Waals surface area contributed by atoms with E-state index >= 15 is 0 Å². The van der Waals surface area contributed by atoms with E-state index in [4.69, 9.17) is 4.74 Å². The first kappa shape index (κ1) is 10.5. The summed E-state index contributed by atoms with van der Waals surface area (Å²) >= 11 is 0. The van der Waals surface area contributed by atoms with Crippen LogP contribution in [0, 0.1) is 5.92 Å². The van der Waals surface area contributed by atoms with Gasteiger partial charge in [0.15, 0.2) is 0 Å². The van der Waals surface area contributed by atoms with Crippen LogP contribution >= 0.6 is 0 Å². The van der Waals surface area contributed by atoms with Crippen molar-refractivity contribution in [1.82, 2.24) is 0 Å². The number of cyclic esters (lactones) is 1. The smallest absolute Gasteiger partial charge is 0.312 e. The van der Waals surface area contributed by atoms with Crippen molar-refractivity contribution in [2.75, 3.05) is 0 Å². The monoisotopic (exact) mass is 186 g/mol. The zero-order valence-corrected chi connectivity index (χ0v) is 8.54. The lowest BCUT2D eigenvalue weighted by Gasteiger charge is -2.29. The van der Waals surface area contributed by atoms with Crippen molar-refractivity contribution < 1.29 is 14.6 Å². The van der Waals surface area contributed by atoms with Crippen LogP contribution in [-0.2, 0) is 9.53 Å². The zero-order chi connectivity index (χ0) is 10.1. The van der Waals surface area contributed by atoms with Crippen LogP contribution in [0.4, 0.5) is 0 Å². The molecule has 2 unspecified atom stereocenters. The summed E-state index contributed by atoms with van der Waals surface area (Å²) in [5.41, 5.74) is -0.859. The molecular weight excluding hydrogens is 168 g/mol. The SMILES string of the molecule is CCC(O)(CC)C1CC(C)OC1=O. The first-order valence-corrected chi connectivity index (χ1v) is 4.96. The lowest BCUT2D eigenvalue weighted by Crippen LogP contribution is -2.39. The Hall–Kier alpha value is -0.570. The molecule has 0 bridgehead atoms. The van der Waals surface area contributed by atoms with E-state index in [-0.39, 0.29) is 18.0 Å². The Morgan fingerprint density at radius 3 is 2.38 bits per heavy atom. The predicted molar refractivity (Wildman–Crippen MR) is 49.2 cm³/mol. The van der Waals surface area contributed by atoms with Gasteiger partial charge in [-0.15, -0.1) is 0 Å². The van der Waals surface area contributed by atoms with Gasteiger partial charge in [-0.1, -0.05) is 13.8 Å². The van der Waals surface area contributed by atoms with Crippen LogP contribution in [0.5, 0.6) is 0 Å². The number of aliphatic hydroxyl groups is 1. The van der Waals surface area contributed by atoms with E-state index in [9.17, 15) is 9.90 Å². The van der Waals surface area contributed by atoms with E-state index in [1.165, 1.54) is 0 Å². The van der Waals surface area contributed by atoms with Crippen LogP contribution in [0.3, 0.4) is 0 Å². The molecule has 1 saturated heterocycles. The molecule has 3 nitrogen and oxygen atoms in total. The highest BCUT2D eigenvalue weighted by atomic mass is 16.6. The van der Waals surface area contributed by atoms with E-state index in [1.807, 2.05) is 20.8 Å². The number of hydrogen-bond acceptors (Lipinski definition) is 3. The third-order valence-corrected chi connectivity index (χ3v) is 3.04. The van der Waals surface area contributed by atoms with Gasteiger partial charge in [0.05, 0.1) is 17.6 Å². The second-order valence-corrected chi connectivity index (χ2v) is 3.85. The quantitative estimate of drug-likeness (QED) is 0.679. The van der Waals surface area contributed by atoms with Gasteiger partial charge in [-0.2, -0.15) is 0 Å². The third-order valence-electron chi connectivity index (χ3n) is 3.04. The van der Waals surface area contributed by atoms with E-state index in [1.54, 1.807) is 0 Å². The number of carbonyl (C=O) groups excluding carboxylic acids is 1. The fraction of sp³-hybridized carbons (Fsp3) is 0.900. The third kappa shape index (κ3) is 1.85. The first-order valence-electron chi connectivity index (χ1n) is 4.96. The van der Waals surface area contributed by atoms with Crippen LogP contribution in [-0.4, -0.2) is 22.8 Å².